The Bertz CT molecular complexity index is 609. The normalized spacial score (nSPS) is 21.4. The van der Waals surface area contributed by atoms with Crippen molar-refractivity contribution in [3.63, 3.8) is 0 Å². The Balaban J connectivity index is 2.04. The van der Waals surface area contributed by atoms with Gasteiger partial charge in [-0.25, -0.2) is 0 Å². The maximum absolute atomic E-state index is 5.36. The van der Waals surface area contributed by atoms with Gasteiger partial charge >= 0.3 is 0 Å². The lowest BCUT2D eigenvalue weighted by atomic mass is 9.85. The van der Waals surface area contributed by atoms with Gasteiger partial charge in [0.15, 0.2) is 0 Å². The van der Waals surface area contributed by atoms with Crippen LogP contribution in [-0.4, -0.2) is 13.7 Å². The number of benzene rings is 2. The van der Waals surface area contributed by atoms with Gasteiger partial charge in [0.1, 0.15) is 5.75 Å². The molecule has 0 aliphatic carbocycles. The van der Waals surface area contributed by atoms with Crippen molar-refractivity contribution in [2.75, 3.05) is 13.7 Å². The van der Waals surface area contributed by atoms with Gasteiger partial charge in [0, 0.05) is 10.1 Å². The van der Waals surface area contributed by atoms with E-state index in [1.54, 1.807) is 7.11 Å². The quantitative estimate of drug-likeness (QED) is 0.794. The first-order valence-corrected chi connectivity index (χ1v) is 7.93. The topological polar surface area (TPSA) is 21.3 Å². The molecule has 0 bridgehead atoms. The first-order chi connectivity index (χ1) is 9.69. The fourth-order valence-electron chi connectivity index (χ4n) is 2.84. The predicted octanol–water partition coefficient (Wildman–Crippen LogP) is 4.10. The number of hydrogen-bond donors (Lipinski definition) is 1. The van der Waals surface area contributed by atoms with E-state index in [4.69, 9.17) is 4.74 Å². The summed E-state index contributed by atoms with van der Waals surface area (Å²) in [6, 6.07) is 15.5. The van der Waals surface area contributed by atoms with E-state index in [2.05, 4.69) is 77.3 Å². The zero-order valence-corrected chi connectivity index (χ0v) is 13.8. The standard InChI is InChI=1S/C17H18INO/c1-11-10-19-17(12-3-5-13(18)6-4-12)15-8-7-14(20-2)9-16(11)15/h3-9,11,17,19H,10H2,1-2H3. The summed E-state index contributed by atoms with van der Waals surface area (Å²) in [7, 11) is 1.73. The molecule has 2 nitrogen and oxygen atoms in total. The Hall–Kier alpha value is -1.07. The summed E-state index contributed by atoms with van der Waals surface area (Å²) >= 11 is 2.34. The minimum Gasteiger partial charge on any atom is -0.497 e. The van der Waals surface area contributed by atoms with Gasteiger partial charge in [-0.05, 0) is 69.5 Å². The van der Waals surface area contributed by atoms with Gasteiger partial charge in [-0.1, -0.05) is 25.1 Å². The van der Waals surface area contributed by atoms with Crippen LogP contribution < -0.4 is 10.1 Å². The number of fused-ring (bicyclic) bond motifs is 1. The molecule has 1 heterocycles. The van der Waals surface area contributed by atoms with Gasteiger partial charge in [-0.15, -0.1) is 0 Å². The third-order valence-corrected chi connectivity index (χ3v) is 4.69. The molecule has 1 N–H and O–H groups in total. The Labute approximate surface area is 133 Å². The third kappa shape index (κ3) is 2.56. The number of rotatable bonds is 2. The van der Waals surface area contributed by atoms with Crippen LogP contribution in [0.4, 0.5) is 0 Å². The van der Waals surface area contributed by atoms with Crippen molar-refractivity contribution in [2.45, 2.75) is 18.9 Å². The largest absolute Gasteiger partial charge is 0.497 e. The maximum atomic E-state index is 5.36. The monoisotopic (exact) mass is 379 g/mol. The molecule has 0 radical (unpaired) electrons. The molecular formula is C17H18INO. The van der Waals surface area contributed by atoms with Gasteiger partial charge < -0.3 is 10.1 Å². The third-order valence-electron chi connectivity index (χ3n) is 3.97. The van der Waals surface area contributed by atoms with Gasteiger partial charge in [-0.3, -0.25) is 0 Å². The summed E-state index contributed by atoms with van der Waals surface area (Å²) in [6.07, 6.45) is 0. The van der Waals surface area contributed by atoms with Gasteiger partial charge in [0.2, 0.25) is 0 Å². The first kappa shape index (κ1) is 13.9. The van der Waals surface area contributed by atoms with Crippen molar-refractivity contribution in [2.24, 2.45) is 0 Å². The molecule has 2 atom stereocenters. The second-order valence-corrected chi connectivity index (χ2v) is 6.53. The zero-order valence-electron chi connectivity index (χ0n) is 11.7. The summed E-state index contributed by atoms with van der Waals surface area (Å²) in [6.45, 7) is 3.26. The van der Waals surface area contributed by atoms with E-state index in [9.17, 15) is 0 Å². The Kier molecular flexibility index (Phi) is 3.98. The molecule has 0 saturated heterocycles. The Morgan fingerprint density at radius 1 is 1.10 bits per heavy atom. The Morgan fingerprint density at radius 2 is 1.85 bits per heavy atom. The second-order valence-electron chi connectivity index (χ2n) is 5.29. The molecule has 3 heteroatoms. The number of ether oxygens (including phenoxy) is 1. The highest BCUT2D eigenvalue weighted by Gasteiger charge is 2.25. The summed E-state index contributed by atoms with van der Waals surface area (Å²) in [5, 5.41) is 3.66. The predicted molar refractivity (Wildman–Crippen MR) is 90.4 cm³/mol. The highest BCUT2D eigenvalue weighted by atomic mass is 127. The van der Waals surface area contributed by atoms with E-state index in [-0.39, 0.29) is 6.04 Å². The number of hydrogen-bond acceptors (Lipinski definition) is 2. The summed E-state index contributed by atoms with van der Waals surface area (Å²) < 4.78 is 6.63. The molecule has 1 aliphatic heterocycles. The van der Waals surface area contributed by atoms with Crippen molar-refractivity contribution in [1.82, 2.24) is 5.32 Å². The second kappa shape index (κ2) is 5.74. The molecule has 2 aromatic rings. The van der Waals surface area contributed by atoms with Crippen molar-refractivity contribution >= 4 is 22.6 Å². The van der Waals surface area contributed by atoms with Crippen LogP contribution in [0.25, 0.3) is 0 Å². The van der Waals surface area contributed by atoms with Crippen LogP contribution in [-0.2, 0) is 0 Å². The van der Waals surface area contributed by atoms with Crippen LogP contribution in [0.3, 0.4) is 0 Å². The van der Waals surface area contributed by atoms with Crippen LogP contribution in [0.5, 0.6) is 5.75 Å². The number of methoxy groups -OCH3 is 1. The molecule has 0 aromatic heterocycles. The fraction of sp³-hybridized carbons (Fsp3) is 0.294. The lowest BCUT2D eigenvalue weighted by Gasteiger charge is -2.31. The lowest BCUT2D eigenvalue weighted by Crippen LogP contribution is -2.32. The van der Waals surface area contributed by atoms with Crippen molar-refractivity contribution < 1.29 is 4.74 Å². The van der Waals surface area contributed by atoms with E-state index in [1.165, 1.54) is 20.3 Å². The Morgan fingerprint density at radius 3 is 2.55 bits per heavy atom. The molecular weight excluding hydrogens is 361 g/mol. The average Bonchev–Trinajstić information content (AvgIpc) is 2.49. The summed E-state index contributed by atoms with van der Waals surface area (Å²) in [4.78, 5) is 0. The van der Waals surface area contributed by atoms with Gasteiger partial charge in [0.05, 0.1) is 13.2 Å². The molecule has 2 unspecified atom stereocenters. The molecule has 0 amide bonds. The molecule has 0 fully saturated rings. The van der Waals surface area contributed by atoms with Crippen LogP contribution in [0.15, 0.2) is 42.5 Å². The van der Waals surface area contributed by atoms with Crippen molar-refractivity contribution in [1.29, 1.82) is 0 Å². The fourth-order valence-corrected chi connectivity index (χ4v) is 3.20. The molecule has 0 saturated carbocycles. The minimum atomic E-state index is 0.282. The van der Waals surface area contributed by atoms with E-state index in [1.807, 2.05) is 0 Å². The van der Waals surface area contributed by atoms with Crippen LogP contribution in [0, 0.1) is 3.57 Å². The SMILES string of the molecule is COc1ccc2c(c1)C(C)CNC2c1ccc(I)cc1. The summed E-state index contributed by atoms with van der Waals surface area (Å²) in [5.74, 6) is 1.46. The minimum absolute atomic E-state index is 0.282. The van der Waals surface area contributed by atoms with E-state index in [0.29, 0.717) is 5.92 Å². The van der Waals surface area contributed by atoms with Crippen LogP contribution in [0.2, 0.25) is 0 Å². The lowest BCUT2D eigenvalue weighted by molar-refractivity contribution is 0.411. The van der Waals surface area contributed by atoms with Crippen molar-refractivity contribution in [3.8, 4) is 5.75 Å². The smallest absolute Gasteiger partial charge is 0.119 e. The van der Waals surface area contributed by atoms with E-state index >= 15 is 0 Å². The molecule has 2 aromatic carbocycles. The first-order valence-electron chi connectivity index (χ1n) is 6.85. The molecule has 3 rings (SSSR count). The maximum Gasteiger partial charge on any atom is 0.119 e. The van der Waals surface area contributed by atoms with Gasteiger partial charge in [0.25, 0.3) is 0 Å². The molecule has 104 valence electrons. The van der Waals surface area contributed by atoms with E-state index < -0.39 is 0 Å². The van der Waals surface area contributed by atoms with Gasteiger partial charge in [-0.2, -0.15) is 0 Å². The number of nitrogens with one attached hydrogen (secondary N) is 1. The highest BCUT2D eigenvalue weighted by molar-refractivity contribution is 14.1. The number of halogens is 1. The summed E-state index contributed by atoms with van der Waals surface area (Å²) in [5.41, 5.74) is 4.08. The highest BCUT2D eigenvalue weighted by Crippen LogP contribution is 2.35. The molecule has 1 aliphatic rings. The molecule has 20 heavy (non-hydrogen) atoms. The average molecular weight is 379 g/mol. The van der Waals surface area contributed by atoms with Crippen LogP contribution in [0.1, 0.15) is 35.6 Å². The van der Waals surface area contributed by atoms with E-state index in [0.717, 1.165) is 12.3 Å². The zero-order chi connectivity index (χ0) is 14.1. The molecule has 0 spiro atoms. The van der Waals surface area contributed by atoms with Crippen molar-refractivity contribution in [3.05, 3.63) is 62.7 Å². The van der Waals surface area contributed by atoms with Crippen LogP contribution >= 0.6 is 22.6 Å².